The standard InChI is InChI=1S/C8H13ClN4/c1-5(2)8(12)13-7(11)4-3-6(9)10/h3-5,10H,1-2H3,(H3,11,12,13)/b4-3-,10-6?. The lowest BCUT2D eigenvalue weighted by molar-refractivity contribution is 0.874. The number of amidine groups is 2. The minimum absolute atomic E-state index is 0.00315. The molecule has 0 atom stereocenters. The molecule has 0 bridgehead atoms. The quantitative estimate of drug-likeness (QED) is 0.471. The fourth-order valence-electron chi connectivity index (χ4n) is 0.458. The molecule has 0 saturated carbocycles. The monoisotopic (exact) mass is 200 g/mol. The predicted octanol–water partition coefficient (Wildman–Crippen LogP) is 1.75. The van der Waals surface area contributed by atoms with Crippen LogP contribution in [0.3, 0.4) is 0 Å². The van der Waals surface area contributed by atoms with Crippen LogP contribution in [-0.4, -0.2) is 16.8 Å². The SMILES string of the molecule is CC(C)C(N)=NC(=N)/C=C\C(=N)Cl. The summed E-state index contributed by atoms with van der Waals surface area (Å²) in [7, 11) is 0. The lowest BCUT2D eigenvalue weighted by atomic mass is 10.2. The molecule has 0 heterocycles. The number of halogens is 1. The van der Waals surface area contributed by atoms with Gasteiger partial charge in [0.1, 0.15) is 16.8 Å². The van der Waals surface area contributed by atoms with E-state index < -0.39 is 0 Å². The Morgan fingerprint density at radius 1 is 1.38 bits per heavy atom. The number of hydrogen-bond donors (Lipinski definition) is 3. The van der Waals surface area contributed by atoms with Gasteiger partial charge in [0.2, 0.25) is 0 Å². The molecule has 0 aliphatic carbocycles. The van der Waals surface area contributed by atoms with Crippen LogP contribution >= 0.6 is 11.6 Å². The van der Waals surface area contributed by atoms with Crippen molar-refractivity contribution < 1.29 is 0 Å². The number of nitrogens with one attached hydrogen (secondary N) is 2. The van der Waals surface area contributed by atoms with Crippen molar-refractivity contribution in [1.82, 2.24) is 0 Å². The largest absolute Gasteiger partial charge is 0.387 e. The zero-order valence-corrected chi connectivity index (χ0v) is 8.39. The van der Waals surface area contributed by atoms with Gasteiger partial charge in [0.25, 0.3) is 0 Å². The summed E-state index contributed by atoms with van der Waals surface area (Å²) in [4.78, 5) is 3.78. The Morgan fingerprint density at radius 2 is 1.92 bits per heavy atom. The first-order valence-electron chi connectivity index (χ1n) is 3.78. The summed E-state index contributed by atoms with van der Waals surface area (Å²) in [5, 5.41) is 14.0. The van der Waals surface area contributed by atoms with E-state index in [0.717, 1.165) is 0 Å². The fourth-order valence-corrected chi connectivity index (χ4v) is 0.521. The second kappa shape index (κ2) is 5.48. The van der Waals surface area contributed by atoms with Crippen LogP contribution in [0.4, 0.5) is 0 Å². The Balaban J connectivity index is 4.31. The topological polar surface area (TPSA) is 86.1 Å². The minimum Gasteiger partial charge on any atom is -0.387 e. The van der Waals surface area contributed by atoms with E-state index in [-0.39, 0.29) is 16.9 Å². The van der Waals surface area contributed by atoms with Gasteiger partial charge in [-0.05, 0) is 12.2 Å². The minimum atomic E-state index is -0.136. The fraction of sp³-hybridized carbons (Fsp3) is 0.375. The molecule has 0 aromatic heterocycles. The molecular weight excluding hydrogens is 188 g/mol. The van der Waals surface area contributed by atoms with Crippen molar-refractivity contribution in [3.8, 4) is 0 Å². The van der Waals surface area contributed by atoms with Crippen molar-refractivity contribution in [2.24, 2.45) is 16.6 Å². The molecule has 0 aromatic rings. The van der Waals surface area contributed by atoms with Gasteiger partial charge in [-0.25, -0.2) is 4.99 Å². The lowest BCUT2D eigenvalue weighted by Crippen LogP contribution is -2.19. The van der Waals surface area contributed by atoms with Gasteiger partial charge in [-0.2, -0.15) is 0 Å². The zero-order valence-electron chi connectivity index (χ0n) is 7.63. The maximum absolute atomic E-state index is 7.30. The molecule has 72 valence electrons. The maximum Gasteiger partial charge on any atom is 0.146 e. The van der Waals surface area contributed by atoms with Gasteiger partial charge < -0.3 is 5.73 Å². The Bertz CT molecular complexity index is 265. The summed E-state index contributed by atoms with van der Waals surface area (Å²) in [5.41, 5.74) is 5.51. The summed E-state index contributed by atoms with van der Waals surface area (Å²) in [6.07, 6.45) is 2.60. The van der Waals surface area contributed by atoms with Crippen molar-refractivity contribution in [2.45, 2.75) is 13.8 Å². The van der Waals surface area contributed by atoms with Crippen molar-refractivity contribution in [1.29, 1.82) is 10.8 Å². The van der Waals surface area contributed by atoms with E-state index in [1.54, 1.807) is 0 Å². The van der Waals surface area contributed by atoms with Crippen LogP contribution in [0.25, 0.3) is 0 Å². The number of aliphatic imine (C=N–C) groups is 1. The van der Waals surface area contributed by atoms with Gasteiger partial charge in [-0.15, -0.1) is 0 Å². The lowest BCUT2D eigenvalue weighted by Gasteiger charge is -2.01. The molecule has 0 radical (unpaired) electrons. The van der Waals surface area contributed by atoms with E-state index in [0.29, 0.717) is 5.84 Å². The second-order valence-electron chi connectivity index (χ2n) is 2.76. The highest BCUT2D eigenvalue weighted by Gasteiger charge is 1.98. The van der Waals surface area contributed by atoms with Gasteiger partial charge in [-0.1, -0.05) is 25.4 Å². The highest BCUT2D eigenvalue weighted by molar-refractivity contribution is 6.67. The van der Waals surface area contributed by atoms with E-state index >= 15 is 0 Å². The molecule has 4 N–H and O–H groups in total. The van der Waals surface area contributed by atoms with Crippen molar-refractivity contribution >= 4 is 28.4 Å². The first-order chi connectivity index (χ1) is 5.93. The Kier molecular flexibility index (Phi) is 4.99. The van der Waals surface area contributed by atoms with E-state index in [4.69, 9.17) is 28.2 Å². The van der Waals surface area contributed by atoms with Crippen LogP contribution in [0.2, 0.25) is 0 Å². The summed E-state index contributed by atoms with van der Waals surface area (Å²) in [6.45, 7) is 3.78. The van der Waals surface area contributed by atoms with Crippen molar-refractivity contribution in [3.63, 3.8) is 0 Å². The molecule has 0 aliphatic rings. The van der Waals surface area contributed by atoms with Crippen molar-refractivity contribution in [3.05, 3.63) is 12.2 Å². The molecule has 0 aliphatic heterocycles. The number of nitrogens with two attached hydrogens (primary N) is 1. The van der Waals surface area contributed by atoms with E-state index in [2.05, 4.69) is 4.99 Å². The van der Waals surface area contributed by atoms with Gasteiger partial charge in [-0.3, -0.25) is 10.8 Å². The summed E-state index contributed by atoms with van der Waals surface area (Å²) in [6, 6.07) is 0. The van der Waals surface area contributed by atoms with Crippen molar-refractivity contribution in [2.75, 3.05) is 0 Å². The number of nitrogens with zero attached hydrogens (tertiary/aromatic N) is 1. The van der Waals surface area contributed by atoms with Gasteiger partial charge >= 0.3 is 0 Å². The molecular formula is C8H13ClN4. The molecule has 0 rings (SSSR count). The second-order valence-corrected chi connectivity index (χ2v) is 3.17. The molecule has 5 heteroatoms. The maximum atomic E-state index is 7.30. The highest BCUT2D eigenvalue weighted by Crippen LogP contribution is 1.93. The van der Waals surface area contributed by atoms with Crippen LogP contribution in [0.15, 0.2) is 17.1 Å². The number of allylic oxidation sites excluding steroid dienone is 1. The smallest absolute Gasteiger partial charge is 0.146 e. The molecule has 0 amide bonds. The molecule has 0 fully saturated rings. The number of rotatable bonds is 3. The van der Waals surface area contributed by atoms with Gasteiger partial charge in [0.05, 0.1) is 0 Å². The third-order valence-electron chi connectivity index (χ3n) is 1.23. The van der Waals surface area contributed by atoms with Crippen LogP contribution in [0, 0.1) is 16.7 Å². The average Bonchev–Trinajstić information content (AvgIpc) is 2.00. The van der Waals surface area contributed by atoms with Crippen LogP contribution in [0.5, 0.6) is 0 Å². The molecule has 0 spiro atoms. The highest BCUT2D eigenvalue weighted by atomic mass is 35.5. The van der Waals surface area contributed by atoms with Crippen LogP contribution in [-0.2, 0) is 0 Å². The normalized spacial score (nSPS) is 12.5. The Labute approximate surface area is 82.5 Å². The third kappa shape index (κ3) is 6.04. The average molecular weight is 201 g/mol. The molecule has 0 unspecified atom stereocenters. The first-order valence-corrected chi connectivity index (χ1v) is 4.16. The first kappa shape index (κ1) is 11.8. The van der Waals surface area contributed by atoms with Crippen LogP contribution in [0.1, 0.15) is 13.8 Å². The molecule has 0 aromatic carbocycles. The molecule has 4 nitrogen and oxygen atoms in total. The van der Waals surface area contributed by atoms with E-state index in [9.17, 15) is 0 Å². The van der Waals surface area contributed by atoms with E-state index in [1.807, 2.05) is 13.8 Å². The zero-order chi connectivity index (χ0) is 10.4. The summed E-state index contributed by atoms with van der Waals surface area (Å²) in [5.74, 6) is 0.511. The van der Waals surface area contributed by atoms with Crippen LogP contribution < -0.4 is 5.73 Å². The summed E-state index contributed by atoms with van der Waals surface area (Å²) < 4.78 is 0. The molecule has 0 saturated heterocycles. The third-order valence-corrected chi connectivity index (χ3v) is 1.35. The Morgan fingerprint density at radius 3 is 2.31 bits per heavy atom. The Hall–Kier alpha value is -1.16. The van der Waals surface area contributed by atoms with Gasteiger partial charge in [0.15, 0.2) is 0 Å². The predicted molar refractivity (Wildman–Crippen MR) is 56.9 cm³/mol. The van der Waals surface area contributed by atoms with E-state index in [1.165, 1.54) is 12.2 Å². The summed E-state index contributed by atoms with van der Waals surface area (Å²) >= 11 is 5.24. The van der Waals surface area contributed by atoms with Gasteiger partial charge in [0, 0.05) is 5.92 Å². The molecule has 13 heavy (non-hydrogen) atoms. The number of hydrogen-bond acceptors (Lipinski definition) is 2.